The van der Waals surface area contributed by atoms with E-state index >= 15 is 0 Å². The summed E-state index contributed by atoms with van der Waals surface area (Å²) in [4.78, 5) is 0. The fraction of sp³-hybridized carbons (Fsp3) is 0.545. The maximum atomic E-state index is 11.9. The zero-order valence-corrected chi connectivity index (χ0v) is 21.3. The Morgan fingerprint density at radius 2 is 1.04 bits per heavy atom. The topological polar surface area (TPSA) is 43.4 Å². The molecule has 0 radical (unpaired) electrons. The predicted molar refractivity (Wildman–Crippen MR) is 128 cm³/mol. The highest BCUT2D eigenvalue weighted by Gasteiger charge is 2.25. The fourth-order valence-corrected chi connectivity index (χ4v) is 7.44. The first-order valence-electron chi connectivity index (χ1n) is 9.43. The zero-order valence-electron chi connectivity index (χ0n) is 19.5. The number of methoxy groups -OCH3 is 1. The van der Waals surface area contributed by atoms with Crippen molar-refractivity contribution in [2.45, 2.75) is 41.0 Å². The molecule has 0 unspecified atom stereocenters. The van der Waals surface area contributed by atoms with Gasteiger partial charge in [0.25, 0.3) is 0 Å². The van der Waals surface area contributed by atoms with E-state index in [2.05, 4.69) is 4.74 Å². The van der Waals surface area contributed by atoms with Crippen molar-refractivity contribution in [2.24, 2.45) is 0 Å². The first-order chi connectivity index (χ1) is 12.6. The van der Waals surface area contributed by atoms with Crippen molar-refractivity contribution in [1.82, 2.24) is 0 Å². The average Bonchev–Trinajstić information content (AvgIpc) is 2.63. The number of hydrogen-bond donors (Lipinski definition) is 0. The van der Waals surface area contributed by atoms with E-state index in [4.69, 9.17) is 0 Å². The summed E-state index contributed by atoms with van der Waals surface area (Å²) >= 11 is 0. The lowest BCUT2D eigenvalue weighted by Crippen LogP contribution is -1.86. The van der Waals surface area contributed by atoms with Gasteiger partial charge in [-0.05, 0) is 40.0 Å². The van der Waals surface area contributed by atoms with Crippen LogP contribution in [0.5, 0.6) is 0 Å². The molecule has 1 aromatic carbocycles. The Balaban J connectivity index is -0.000000167. The SMILES string of the molecule is CC.CC.CC=CCC=C(P(C)(C)=O)P(C)(C)=O.COC.c1ccccc1. The van der Waals surface area contributed by atoms with Crippen molar-refractivity contribution in [3.63, 3.8) is 0 Å². The van der Waals surface area contributed by atoms with Gasteiger partial charge in [0.05, 0.1) is 0 Å². The average molecular weight is 419 g/mol. The molecule has 0 aliphatic rings. The lowest BCUT2D eigenvalue weighted by molar-refractivity contribution is 0.277. The van der Waals surface area contributed by atoms with Crippen molar-refractivity contribution in [1.29, 1.82) is 0 Å². The van der Waals surface area contributed by atoms with Gasteiger partial charge in [-0.1, -0.05) is 82.3 Å². The molecule has 0 N–H and O–H groups in total. The molecule has 0 atom stereocenters. The molecular weight excluding hydrogens is 374 g/mol. The normalized spacial score (nSPS) is 9.74. The summed E-state index contributed by atoms with van der Waals surface area (Å²) in [6.45, 7) is 16.6. The van der Waals surface area contributed by atoms with E-state index in [1.807, 2.05) is 89.2 Å². The van der Waals surface area contributed by atoms with Crippen molar-refractivity contribution < 1.29 is 13.9 Å². The van der Waals surface area contributed by atoms with Crippen LogP contribution in [0, 0.1) is 0 Å². The molecule has 27 heavy (non-hydrogen) atoms. The van der Waals surface area contributed by atoms with Crippen molar-refractivity contribution in [2.75, 3.05) is 40.9 Å². The first-order valence-corrected chi connectivity index (χ1v) is 14.6. The van der Waals surface area contributed by atoms with Gasteiger partial charge in [0.15, 0.2) is 0 Å². The minimum absolute atomic E-state index is 0.656. The quantitative estimate of drug-likeness (QED) is 0.367. The minimum Gasteiger partial charge on any atom is -0.388 e. The third kappa shape index (κ3) is 27.4. The second-order valence-electron chi connectivity index (χ2n) is 5.63. The Bertz CT molecular complexity index is 487. The van der Waals surface area contributed by atoms with Crippen LogP contribution in [0.25, 0.3) is 0 Å². The van der Waals surface area contributed by atoms with Crippen LogP contribution in [-0.4, -0.2) is 40.9 Å². The van der Waals surface area contributed by atoms with Crippen LogP contribution >= 0.6 is 14.3 Å². The maximum Gasteiger partial charge on any atom is 0.112 e. The van der Waals surface area contributed by atoms with Crippen molar-refractivity contribution >= 4 is 14.3 Å². The monoisotopic (exact) mass is 418 g/mol. The Morgan fingerprint density at radius 3 is 1.22 bits per heavy atom. The molecule has 0 aliphatic heterocycles. The number of benzene rings is 1. The van der Waals surface area contributed by atoms with E-state index in [0.717, 1.165) is 0 Å². The zero-order chi connectivity index (χ0) is 22.4. The second kappa shape index (κ2) is 23.2. The van der Waals surface area contributed by atoms with E-state index < -0.39 is 14.3 Å². The number of ether oxygens (including phenoxy) is 1. The summed E-state index contributed by atoms with van der Waals surface area (Å²) in [5.74, 6) is 0. The van der Waals surface area contributed by atoms with Crippen LogP contribution in [0.4, 0.5) is 0 Å². The predicted octanol–water partition coefficient (Wildman–Crippen LogP) is 8.04. The van der Waals surface area contributed by atoms with Crippen LogP contribution in [-0.2, 0) is 13.9 Å². The largest absolute Gasteiger partial charge is 0.388 e. The van der Waals surface area contributed by atoms with Gasteiger partial charge in [0.2, 0.25) is 0 Å². The number of rotatable bonds is 4. The second-order valence-corrected chi connectivity index (χ2v) is 12.4. The molecule has 0 aliphatic carbocycles. The molecular formula is C22H44O3P2. The Kier molecular flexibility index (Phi) is 28.9. The van der Waals surface area contributed by atoms with Gasteiger partial charge in [-0.3, -0.25) is 0 Å². The molecule has 0 fully saturated rings. The molecule has 0 heterocycles. The van der Waals surface area contributed by atoms with E-state index in [0.29, 0.717) is 11.5 Å². The molecule has 5 heteroatoms. The van der Waals surface area contributed by atoms with Crippen molar-refractivity contribution in [3.05, 3.63) is 59.7 Å². The van der Waals surface area contributed by atoms with E-state index in [1.54, 1.807) is 40.9 Å². The number of allylic oxidation sites excluding steroid dienone is 3. The molecule has 0 saturated carbocycles. The molecule has 3 nitrogen and oxygen atoms in total. The molecule has 0 bridgehead atoms. The first kappa shape index (κ1) is 33.7. The van der Waals surface area contributed by atoms with Gasteiger partial charge in [-0.15, -0.1) is 0 Å². The summed E-state index contributed by atoms with van der Waals surface area (Å²) in [6.07, 6.45) is 6.46. The summed E-state index contributed by atoms with van der Waals surface area (Å²) in [5, 5.41) is 0.656. The van der Waals surface area contributed by atoms with Gasteiger partial charge < -0.3 is 13.9 Å². The number of hydrogen-bond acceptors (Lipinski definition) is 3. The molecule has 1 aromatic rings. The van der Waals surface area contributed by atoms with Crippen LogP contribution in [0.1, 0.15) is 41.0 Å². The van der Waals surface area contributed by atoms with Gasteiger partial charge in [-0.25, -0.2) is 0 Å². The summed E-state index contributed by atoms with van der Waals surface area (Å²) < 4.78 is 28.0. The standard InChI is InChI=1S/C10H20O2P2.C6H6.C2H6O.2C2H6/c1-6-7-8-9-10(13(2,3)11)14(4,5)12;1-2-4-6-5-3-1;1-3-2;2*1-2/h6-7,9H,8H2,1-5H3;1-6H;1-2H3;2*1-2H3. The van der Waals surface area contributed by atoms with Gasteiger partial charge in [0, 0.05) is 19.3 Å². The van der Waals surface area contributed by atoms with Gasteiger partial charge >= 0.3 is 0 Å². The van der Waals surface area contributed by atoms with Crippen LogP contribution in [0.3, 0.4) is 0 Å². The Morgan fingerprint density at radius 1 is 0.778 bits per heavy atom. The Labute approximate surface area is 170 Å². The van der Waals surface area contributed by atoms with E-state index in [1.165, 1.54) is 0 Å². The molecule has 0 aromatic heterocycles. The lowest BCUT2D eigenvalue weighted by Gasteiger charge is -2.16. The van der Waals surface area contributed by atoms with Crippen LogP contribution < -0.4 is 0 Å². The fourth-order valence-electron chi connectivity index (χ4n) is 1.71. The van der Waals surface area contributed by atoms with Crippen LogP contribution in [0.2, 0.25) is 0 Å². The van der Waals surface area contributed by atoms with Gasteiger partial charge in [0.1, 0.15) is 14.3 Å². The molecule has 0 spiro atoms. The molecule has 0 amide bonds. The van der Waals surface area contributed by atoms with E-state index in [9.17, 15) is 9.13 Å². The molecule has 1 rings (SSSR count). The Hall–Kier alpha value is -0.880. The van der Waals surface area contributed by atoms with E-state index in [-0.39, 0.29) is 0 Å². The van der Waals surface area contributed by atoms with Crippen molar-refractivity contribution in [3.8, 4) is 0 Å². The minimum atomic E-state index is -2.37. The molecule has 0 saturated heterocycles. The highest BCUT2D eigenvalue weighted by Crippen LogP contribution is 2.65. The summed E-state index contributed by atoms with van der Waals surface area (Å²) in [7, 11) is -1.50. The maximum absolute atomic E-state index is 11.9. The smallest absolute Gasteiger partial charge is 0.112 e. The van der Waals surface area contributed by atoms with Crippen LogP contribution in [0.15, 0.2) is 59.7 Å². The lowest BCUT2D eigenvalue weighted by atomic mass is 10.4. The summed E-state index contributed by atoms with van der Waals surface area (Å²) in [5.41, 5.74) is 0. The van der Waals surface area contributed by atoms with Gasteiger partial charge in [-0.2, -0.15) is 0 Å². The third-order valence-corrected chi connectivity index (χ3v) is 7.90. The highest BCUT2D eigenvalue weighted by molar-refractivity contribution is 7.86. The molecule has 160 valence electrons. The highest BCUT2D eigenvalue weighted by atomic mass is 31.2. The third-order valence-electron chi connectivity index (χ3n) is 2.44. The summed E-state index contributed by atoms with van der Waals surface area (Å²) in [6, 6.07) is 12.0.